The molecule has 0 aliphatic heterocycles. The molecule has 0 heterocycles. The zero-order valence-electron chi connectivity index (χ0n) is 10.5. The summed E-state index contributed by atoms with van der Waals surface area (Å²) >= 11 is 0. The molecule has 0 saturated carbocycles. The molecule has 106 valence electrons. The molecule has 0 saturated heterocycles. The second-order valence-electron chi connectivity index (χ2n) is 3.90. The molecule has 21 heavy (non-hydrogen) atoms. The molecule has 0 amide bonds. The molecule has 0 radical (unpaired) electrons. The van der Waals surface area contributed by atoms with Gasteiger partial charge in [0.25, 0.3) is 5.69 Å². The molecule has 7 nitrogen and oxygen atoms in total. The monoisotopic (exact) mass is 304 g/mol. The molecule has 0 atom stereocenters. The first-order valence-electron chi connectivity index (χ1n) is 5.62. The smallest absolute Gasteiger partial charge is 0.339 e. The van der Waals surface area contributed by atoms with Gasteiger partial charge < -0.3 is 4.18 Å². The number of hydrogen-bond donors (Lipinski definition) is 0. The highest BCUT2D eigenvalue weighted by molar-refractivity contribution is 7.87. The lowest BCUT2D eigenvalue weighted by Gasteiger charge is -2.07. The second-order valence-corrected chi connectivity index (χ2v) is 5.44. The highest BCUT2D eigenvalue weighted by atomic mass is 32.2. The van der Waals surface area contributed by atoms with E-state index in [2.05, 4.69) is 0 Å². The van der Waals surface area contributed by atoms with Crippen molar-refractivity contribution in [3.05, 3.63) is 64.2 Å². The minimum Gasteiger partial charge on any atom is -0.378 e. The van der Waals surface area contributed by atoms with Crippen LogP contribution in [0.3, 0.4) is 0 Å². The van der Waals surface area contributed by atoms with E-state index in [1.54, 1.807) is 6.07 Å². The Labute approximate surface area is 120 Å². The van der Waals surface area contributed by atoms with Gasteiger partial charge in [0, 0.05) is 12.1 Å². The average molecular weight is 304 g/mol. The second kappa shape index (κ2) is 5.60. The van der Waals surface area contributed by atoms with Crippen LogP contribution in [0.2, 0.25) is 0 Å². The van der Waals surface area contributed by atoms with E-state index in [4.69, 9.17) is 9.44 Å². The minimum absolute atomic E-state index is 0.0722. The van der Waals surface area contributed by atoms with E-state index >= 15 is 0 Å². The first kappa shape index (κ1) is 14.5. The highest BCUT2D eigenvalue weighted by Gasteiger charge is 2.19. The number of nitriles is 1. The molecule has 0 aliphatic rings. The van der Waals surface area contributed by atoms with Crippen LogP contribution in [0.1, 0.15) is 5.56 Å². The third-order valence-corrected chi connectivity index (χ3v) is 3.79. The molecule has 2 rings (SSSR count). The zero-order chi connectivity index (χ0) is 15.5. The van der Waals surface area contributed by atoms with Gasteiger partial charge in [-0.25, -0.2) is 0 Å². The fourth-order valence-corrected chi connectivity index (χ4v) is 2.48. The van der Waals surface area contributed by atoms with Crippen LogP contribution in [0.25, 0.3) is 0 Å². The number of para-hydroxylation sites is 1. The summed E-state index contributed by atoms with van der Waals surface area (Å²) in [7, 11) is -4.16. The van der Waals surface area contributed by atoms with Crippen molar-refractivity contribution in [3.63, 3.8) is 0 Å². The van der Waals surface area contributed by atoms with Gasteiger partial charge in [0.2, 0.25) is 0 Å². The maximum absolute atomic E-state index is 12.0. The summed E-state index contributed by atoms with van der Waals surface area (Å²) in [6.07, 6.45) is 0. The predicted octanol–water partition coefficient (Wildman–Crippen LogP) is 2.23. The maximum atomic E-state index is 12.0. The third-order valence-electron chi connectivity index (χ3n) is 2.54. The predicted molar refractivity (Wildman–Crippen MR) is 72.1 cm³/mol. The van der Waals surface area contributed by atoms with E-state index in [1.165, 1.54) is 18.2 Å². The number of nitrogens with zero attached hydrogens (tertiary/aromatic N) is 2. The lowest BCUT2D eigenvalue weighted by molar-refractivity contribution is -0.384. The number of rotatable bonds is 4. The van der Waals surface area contributed by atoms with Crippen LogP contribution < -0.4 is 4.18 Å². The normalized spacial score (nSPS) is 10.6. The van der Waals surface area contributed by atoms with Crippen molar-refractivity contribution in [2.24, 2.45) is 0 Å². The van der Waals surface area contributed by atoms with Crippen LogP contribution in [0.4, 0.5) is 5.69 Å². The third kappa shape index (κ3) is 3.16. The first-order valence-corrected chi connectivity index (χ1v) is 7.03. The van der Waals surface area contributed by atoms with E-state index in [9.17, 15) is 18.5 Å². The number of nitro benzene ring substituents is 1. The van der Waals surface area contributed by atoms with E-state index in [0.29, 0.717) is 0 Å². The fourth-order valence-electron chi connectivity index (χ4n) is 1.53. The van der Waals surface area contributed by atoms with Crippen molar-refractivity contribution in [1.29, 1.82) is 5.26 Å². The van der Waals surface area contributed by atoms with Crippen molar-refractivity contribution in [2.45, 2.75) is 4.90 Å². The maximum Gasteiger partial charge on any atom is 0.339 e. The Morgan fingerprint density at radius 2 is 1.71 bits per heavy atom. The molecular formula is C13H8N2O5S. The van der Waals surface area contributed by atoms with Crippen molar-refractivity contribution in [2.75, 3.05) is 0 Å². The van der Waals surface area contributed by atoms with E-state index in [0.717, 1.165) is 24.3 Å². The Balaban J connectivity index is 2.34. The minimum atomic E-state index is -4.16. The quantitative estimate of drug-likeness (QED) is 0.486. The molecule has 0 unspecified atom stereocenters. The van der Waals surface area contributed by atoms with Crippen LogP contribution in [-0.2, 0) is 10.1 Å². The topological polar surface area (TPSA) is 110 Å². The van der Waals surface area contributed by atoms with Crippen LogP contribution in [-0.4, -0.2) is 13.3 Å². The van der Waals surface area contributed by atoms with Gasteiger partial charge in [-0.15, -0.1) is 0 Å². The number of non-ortho nitro benzene ring substituents is 1. The van der Waals surface area contributed by atoms with Crippen LogP contribution in [0, 0.1) is 21.4 Å². The summed E-state index contributed by atoms with van der Waals surface area (Å²) in [5.74, 6) is -0.0987. The Morgan fingerprint density at radius 3 is 2.29 bits per heavy atom. The fraction of sp³-hybridized carbons (Fsp3) is 0. The number of hydrogen-bond acceptors (Lipinski definition) is 6. The molecule has 2 aromatic carbocycles. The zero-order valence-corrected chi connectivity index (χ0v) is 11.3. The van der Waals surface area contributed by atoms with Gasteiger partial charge in [0.1, 0.15) is 11.0 Å². The molecule has 0 aliphatic carbocycles. The van der Waals surface area contributed by atoms with Gasteiger partial charge in [-0.1, -0.05) is 12.1 Å². The average Bonchev–Trinajstić information content (AvgIpc) is 2.47. The number of benzene rings is 2. The van der Waals surface area contributed by atoms with Gasteiger partial charge in [-0.2, -0.15) is 13.7 Å². The molecule has 0 N–H and O–H groups in total. The largest absolute Gasteiger partial charge is 0.378 e. The van der Waals surface area contributed by atoms with Crippen molar-refractivity contribution < 1.29 is 17.5 Å². The Hall–Kier alpha value is -2.92. The molecule has 0 aromatic heterocycles. The van der Waals surface area contributed by atoms with E-state index < -0.39 is 15.0 Å². The molecule has 0 fully saturated rings. The molecule has 0 spiro atoms. The van der Waals surface area contributed by atoms with Crippen molar-refractivity contribution in [3.8, 4) is 11.8 Å². The Morgan fingerprint density at radius 1 is 1.10 bits per heavy atom. The van der Waals surface area contributed by atoms with E-state index in [-0.39, 0.29) is 21.9 Å². The van der Waals surface area contributed by atoms with Gasteiger partial charge >= 0.3 is 10.1 Å². The highest BCUT2D eigenvalue weighted by Crippen LogP contribution is 2.23. The summed E-state index contributed by atoms with van der Waals surface area (Å²) in [6.45, 7) is 0. The van der Waals surface area contributed by atoms with Gasteiger partial charge in [0.05, 0.1) is 10.5 Å². The van der Waals surface area contributed by atoms with Gasteiger partial charge in [0.15, 0.2) is 5.75 Å². The molecule has 8 heteroatoms. The van der Waals surface area contributed by atoms with E-state index in [1.807, 2.05) is 6.07 Å². The SMILES string of the molecule is N#Cc1ccccc1OS(=O)(=O)c1ccc([N+](=O)[O-])cc1. The molecular weight excluding hydrogens is 296 g/mol. The summed E-state index contributed by atoms with van der Waals surface area (Å²) in [4.78, 5) is 9.65. The molecule has 2 aromatic rings. The number of nitro groups is 1. The summed E-state index contributed by atoms with van der Waals surface area (Å²) in [5, 5.41) is 19.4. The lowest BCUT2D eigenvalue weighted by atomic mass is 10.2. The Kier molecular flexibility index (Phi) is 3.86. The molecule has 0 bridgehead atoms. The summed E-state index contributed by atoms with van der Waals surface area (Å²) in [6, 6.07) is 12.0. The van der Waals surface area contributed by atoms with Crippen molar-refractivity contribution in [1.82, 2.24) is 0 Å². The summed E-state index contributed by atoms with van der Waals surface area (Å²) < 4.78 is 29.0. The van der Waals surface area contributed by atoms with Crippen molar-refractivity contribution >= 4 is 15.8 Å². The lowest BCUT2D eigenvalue weighted by Crippen LogP contribution is -2.10. The van der Waals surface area contributed by atoms with Gasteiger partial charge in [-0.05, 0) is 24.3 Å². The standard InChI is InChI=1S/C13H8N2O5S/c14-9-10-3-1-2-4-13(10)20-21(18,19)12-7-5-11(6-8-12)15(16)17/h1-8H. The van der Waals surface area contributed by atoms with Gasteiger partial charge in [-0.3, -0.25) is 10.1 Å². The first-order chi connectivity index (χ1) is 9.94. The Bertz CT molecular complexity index is 822. The van der Waals surface area contributed by atoms with Crippen LogP contribution in [0.15, 0.2) is 53.4 Å². The van der Waals surface area contributed by atoms with Crippen LogP contribution >= 0.6 is 0 Å². The van der Waals surface area contributed by atoms with Crippen LogP contribution in [0.5, 0.6) is 5.75 Å². The summed E-state index contributed by atoms with van der Waals surface area (Å²) in [5.41, 5.74) is -0.158.